The second-order valence-electron chi connectivity index (χ2n) is 4.81. The van der Waals surface area contributed by atoms with E-state index >= 15 is 0 Å². The molecule has 0 aliphatic carbocycles. The number of nitrogens with zero attached hydrogens (tertiary/aromatic N) is 1. The summed E-state index contributed by atoms with van der Waals surface area (Å²) >= 11 is 4.68. The van der Waals surface area contributed by atoms with Crippen LogP contribution in [0.15, 0.2) is 58.5 Å². The molecule has 122 valence electrons. The maximum Gasteiger partial charge on any atom is 0.261 e. The van der Waals surface area contributed by atoms with E-state index in [1.54, 1.807) is 36.5 Å². The Hall–Kier alpha value is -2.25. The van der Waals surface area contributed by atoms with Gasteiger partial charge in [0.15, 0.2) is 0 Å². The molecule has 0 unspecified atom stereocenters. The van der Waals surface area contributed by atoms with Crippen molar-refractivity contribution in [3.05, 3.63) is 74.8 Å². The van der Waals surface area contributed by atoms with Gasteiger partial charge in [0.1, 0.15) is 11.6 Å². The van der Waals surface area contributed by atoms with Crippen molar-refractivity contribution in [1.82, 2.24) is 10.3 Å². The van der Waals surface area contributed by atoms with Gasteiger partial charge in [-0.3, -0.25) is 4.79 Å². The molecule has 0 saturated carbocycles. The van der Waals surface area contributed by atoms with Gasteiger partial charge in [-0.1, -0.05) is 12.1 Å². The Morgan fingerprint density at radius 2 is 2.12 bits per heavy atom. The monoisotopic (exact) mass is 406 g/mol. The number of nitrogens with one attached hydrogen (secondary N) is 1. The zero-order valence-corrected chi connectivity index (χ0v) is 14.7. The van der Waals surface area contributed by atoms with Crippen molar-refractivity contribution in [2.45, 2.75) is 6.54 Å². The molecule has 1 aromatic carbocycles. The van der Waals surface area contributed by atoms with E-state index in [4.69, 9.17) is 4.74 Å². The third-order valence-corrected chi connectivity index (χ3v) is 4.72. The summed E-state index contributed by atoms with van der Waals surface area (Å²) in [7, 11) is 0. The molecule has 0 radical (unpaired) electrons. The summed E-state index contributed by atoms with van der Waals surface area (Å²) in [5.74, 6) is 0.118. The van der Waals surface area contributed by atoms with Gasteiger partial charge in [0.05, 0.1) is 8.66 Å². The minimum absolute atomic E-state index is 0.175. The van der Waals surface area contributed by atoms with Crippen LogP contribution in [0.2, 0.25) is 0 Å². The summed E-state index contributed by atoms with van der Waals surface area (Å²) in [6.45, 7) is 0.257. The van der Waals surface area contributed by atoms with E-state index in [-0.39, 0.29) is 18.3 Å². The van der Waals surface area contributed by atoms with Crippen LogP contribution in [-0.2, 0) is 6.54 Å². The molecule has 0 atom stereocenters. The number of hydrogen-bond acceptors (Lipinski definition) is 4. The molecule has 0 fully saturated rings. The highest BCUT2D eigenvalue weighted by Gasteiger charge is 2.11. The highest BCUT2D eigenvalue weighted by atomic mass is 79.9. The highest BCUT2D eigenvalue weighted by molar-refractivity contribution is 9.11. The van der Waals surface area contributed by atoms with Crippen LogP contribution in [-0.4, -0.2) is 10.9 Å². The predicted octanol–water partition coefficient (Wildman–Crippen LogP) is 4.77. The van der Waals surface area contributed by atoms with E-state index in [9.17, 15) is 9.18 Å². The number of rotatable bonds is 5. The quantitative estimate of drug-likeness (QED) is 0.663. The van der Waals surface area contributed by atoms with Crippen LogP contribution >= 0.6 is 27.3 Å². The van der Waals surface area contributed by atoms with Crippen molar-refractivity contribution >= 4 is 33.2 Å². The number of hydrogen-bond donors (Lipinski definition) is 1. The molecule has 2 heterocycles. The first-order valence-electron chi connectivity index (χ1n) is 7.02. The van der Waals surface area contributed by atoms with Crippen LogP contribution in [0.25, 0.3) is 0 Å². The smallest absolute Gasteiger partial charge is 0.261 e. The third-order valence-electron chi connectivity index (χ3n) is 3.10. The van der Waals surface area contributed by atoms with Crippen LogP contribution in [0.4, 0.5) is 4.39 Å². The lowest BCUT2D eigenvalue weighted by Crippen LogP contribution is -2.22. The van der Waals surface area contributed by atoms with E-state index in [0.29, 0.717) is 22.1 Å². The molecule has 2 aromatic heterocycles. The SMILES string of the molecule is O=C(NCc1cccnc1Oc1cccc(F)c1)c1ccc(Br)s1. The fraction of sp³-hybridized carbons (Fsp3) is 0.0588. The molecule has 0 aliphatic heterocycles. The second-order valence-corrected chi connectivity index (χ2v) is 7.28. The summed E-state index contributed by atoms with van der Waals surface area (Å²) in [6.07, 6.45) is 1.58. The van der Waals surface area contributed by atoms with E-state index in [0.717, 1.165) is 3.79 Å². The van der Waals surface area contributed by atoms with Gasteiger partial charge < -0.3 is 10.1 Å². The van der Waals surface area contributed by atoms with Crippen LogP contribution < -0.4 is 10.1 Å². The first-order chi connectivity index (χ1) is 11.6. The van der Waals surface area contributed by atoms with E-state index in [1.165, 1.54) is 23.5 Å². The Morgan fingerprint density at radius 3 is 2.88 bits per heavy atom. The van der Waals surface area contributed by atoms with Crippen molar-refractivity contribution in [2.24, 2.45) is 0 Å². The number of amides is 1. The van der Waals surface area contributed by atoms with Crippen LogP contribution in [0.5, 0.6) is 11.6 Å². The summed E-state index contributed by atoms with van der Waals surface area (Å²) in [5.41, 5.74) is 0.700. The highest BCUT2D eigenvalue weighted by Crippen LogP contribution is 2.24. The summed E-state index contributed by atoms with van der Waals surface area (Å²) in [4.78, 5) is 16.9. The molecular weight excluding hydrogens is 395 g/mol. The van der Waals surface area contributed by atoms with E-state index in [1.807, 2.05) is 6.07 Å². The Labute approximate surface area is 150 Å². The number of pyridine rings is 1. The van der Waals surface area contributed by atoms with Gasteiger partial charge >= 0.3 is 0 Å². The van der Waals surface area contributed by atoms with Crippen molar-refractivity contribution in [3.8, 4) is 11.6 Å². The number of carbonyl (C=O) groups is 1. The zero-order valence-electron chi connectivity index (χ0n) is 12.3. The molecule has 1 N–H and O–H groups in total. The molecule has 0 bridgehead atoms. The minimum atomic E-state index is -0.387. The lowest BCUT2D eigenvalue weighted by molar-refractivity contribution is 0.0955. The Balaban J connectivity index is 1.71. The molecule has 4 nitrogen and oxygen atoms in total. The molecule has 1 amide bonds. The van der Waals surface area contributed by atoms with Gasteiger partial charge in [0.2, 0.25) is 5.88 Å². The zero-order chi connectivity index (χ0) is 16.9. The lowest BCUT2D eigenvalue weighted by atomic mass is 10.2. The summed E-state index contributed by atoms with van der Waals surface area (Å²) in [6, 6.07) is 12.9. The van der Waals surface area contributed by atoms with Crippen molar-refractivity contribution < 1.29 is 13.9 Å². The average molecular weight is 407 g/mol. The van der Waals surface area contributed by atoms with Crippen LogP contribution in [0, 0.1) is 5.82 Å². The lowest BCUT2D eigenvalue weighted by Gasteiger charge is -2.10. The normalized spacial score (nSPS) is 10.4. The maximum atomic E-state index is 13.3. The topological polar surface area (TPSA) is 51.2 Å². The summed E-state index contributed by atoms with van der Waals surface area (Å²) in [5, 5.41) is 2.82. The third kappa shape index (κ3) is 4.18. The molecular formula is C17H12BrFN2O2S. The molecule has 24 heavy (non-hydrogen) atoms. The molecule has 0 saturated heterocycles. The molecule has 7 heteroatoms. The second kappa shape index (κ2) is 7.55. The van der Waals surface area contributed by atoms with Crippen molar-refractivity contribution in [3.63, 3.8) is 0 Å². The van der Waals surface area contributed by atoms with Gasteiger partial charge in [0, 0.05) is 24.4 Å². The van der Waals surface area contributed by atoms with E-state index < -0.39 is 0 Å². The fourth-order valence-corrected chi connectivity index (χ4v) is 3.29. The average Bonchev–Trinajstić information content (AvgIpc) is 3.00. The van der Waals surface area contributed by atoms with Gasteiger partial charge in [-0.2, -0.15) is 0 Å². The first kappa shape index (κ1) is 16.6. The maximum absolute atomic E-state index is 13.3. The molecule has 3 aromatic rings. The fourth-order valence-electron chi connectivity index (χ4n) is 1.99. The largest absolute Gasteiger partial charge is 0.439 e. The van der Waals surface area contributed by atoms with Crippen molar-refractivity contribution in [1.29, 1.82) is 0 Å². The summed E-state index contributed by atoms with van der Waals surface area (Å²) < 4.78 is 19.8. The number of thiophene rings is 1. The number of ether oxygens (including phenoxy) is 1. The molecule has 0 aliphatic rings. The Morgan fingerprint density at radius 1 is 1.25 bits per heavy atom. The van der Waals surface area contributed by atoms with Crippen LogP contribution in [0.3, 0.4) is 0 Å². The van der Waals surface area contributed by atoms with Crippen molar-refractivity contribution in [2.75, 3.05) is 0 Å². The minimum Gasteiger partial charge on any atom is -0.439 e. The van der Waals surface area contributed by atoms with Gasteiger partial charge in [-0.25, -0.2) is 9.37 Å². The van der Waals surface area contributed by atoms with Gasteiger partial charge in [0.25, 0.3) is 5.91 Å². The number of benzene rings is 1. The Kier molecular flexibility index (Phi) is 5.22. The van der Waals surface area contributed by atoms with Gasteiger partial charge in [-0.05, 0) is 46.3 Å². The van der Waals surface area contributed by atoms with Gasteiger partial charge in [-0.15, -0.1) is 11.3 Å². The first-order valence-corrected chi connectivity index (χ1v) is 8.63. The van der Waals surface area contributed by atoms with Crippen LogP contribution in [0.1, 0.15) is 15.2 Å². The molecule has 0 spiro atoms. The number of aromatic nitrogens is 1. The number of carbonyl (C=O) groups excluding carboxylic acids is 1. The predicted molar refractivity (Wildman–Crippen MR) is 93.9 cm³/mol. The number of halogens is 2. The molecule has 3 rings (SSSR count). The Bertz CT molecular complexity index is 869. The standard InChI is InChI=1S/C17H12BrFN2O2S/c18-15-7-6-14(24-15)16(22)21-10-11-3-2-8-20-17(11)23-13-5-1-4-12(19)9-13/h1-9H,10H2,(H,21,22). The van der Waals surface area contributed by atoms with E-state index in [2.05, 4.69) is 26.2 Å².